The summed E-state index contributed by atoms with van der Waals surface area (Å²) in [4.78, 5) is 15.6. The van der Waals surface area contributed by atoms with E-state index in [1.807, 2.05) is 20.9 Å². The van der Waals surface area contributed by atoms with E-state index in [0.717, 1.165) is 38.8 Å². The number of amides is 1. The molecule has 18 heavy (non-hydrogen) atoms. The molecule has 4 heteroatoms. The molecule has 0 bridgehead atoms. The number of unbranched alkanes of at least 4 members (excludes halogenated alkanes) is 1. The molecular formula is C14H33N3O. The van der Waals surface area contributed by atoms with Crippen LogP contribution in [0.5, 0.6) is 0 Å². The normalized spacial score (nSPS) is 11.8. The third-order valence-corrected chi connectivity index (χ3v) is 2.62. The summed E-state index contributed by atoms with van der Waals surface area (Å²) in [7, 11) is 5.94. The fraction of sp³-hybridized carbons (Fsp3) is 0.929. The summed E-state index contributed by atoms with van der Waals surface area (Å²) < 4.78 is 0. The predicted molar refractivity (Wildman–Crippen MR) is 79.7 cm³/mol. The van der Waals surface area contributed by atoms with Crippen LogP contribution < -0.4 is 5.73 Å². The van der Waals surface area contributed by atoms with E-state index in [1.54, 1.807) is 4.90 Å². The Morgan fingerprint density at radius 2 is 1.67 bits per heavy atom. The minimum absolute atomic E-state index is 0.0757. The Balaban J connectivity index is 0. The zero-order valence-electron chi connectivity index (χ0n) is 13.2. The monoisotopic (exact) mass is 259 g/mol. The molecule has 2 N–H and O–H groups in total. The topological polar surface area (TPSA) is 49.6 Å². The van der Waals surface area contributed by atoms with Crippen molar-refractivity contribution in [2.45, 2.75) is 52.5 Å². The molecule has 1 unspecified atom stereocenters. The maximum atomic E-state index is 11.8. The van der Waals surface area contributed by atoms with E-state index in [-0.39, 0.29) is 11.9 Å². The van der Waals surface area contributed by atoms with Gasteiger partial charge in [-0.3, -0.25) is 4.79 Å². The molecule has 0 aromatic rings. The van der Waals surface area contributed by atoms with Crippen molar-refractivity contribution in [3.63, 3.8) is 0 Å². The van der Waals surface area contributed by atoms with Crippen LogP contribution in [-0.2, 0) is 4.79 Å². The first-order valence-electron chi connectivity index (χ1n) is 7.14. The van der Waals surface area contributed by atoms with Crippen molar-refractivity contribution in [1.29, 1.82) is 0 Å². The maximum Gasteiger partial charge on any atom is 0.239 e. The lowest BCUT2D eigenvalue weighted by Crippen LogP contribution is -2.42. The summed E-state index contributed by atoms with van der Waals surface area (Å²) in [5.41, 5.74) is 5.86. The second-order valence-corrected chi connectivity index (χ2v) is 4.67. The van der Waals surface area contributed by atoms with Gasteiger partial charge in [-0.25, -0.2) is 0 Å². The summed E-state index contributed by atoms with van der Waals surface area (Å²) in [6, 6.07) is -0.321. The smallest absolute Gasteiger partial charge is 0.239 e. The van der Waals surface area contributed by atoms with Crippen molar-refractivity contribution >= 4 is 5.91 Å². The molecule has 0 radical (unpaired) electrons. The van der Waals surface area contributed by atoms with Crippen molar-refractivity contribution in [2.75, 3.05) is 34.2 Å². The number of nitrogens with two attached hydrogens (primary N) is 1. The van der Waals surface area contributed by atoms with Crippen LogP contribution in [0.25, 0.3) is 0 Å². The number of nitrogens with zero attached hydrogens (tertiary/aromatic N) is 2. The van der Waals surface area contributed by atoms with Gasteiger partial charge in [-0.2, -0.15) is 0 Å². The number of hydrogen-bond donors (Lipinski definition) is 1. The largest absolute Gasteiger partial charge is 0.344 e. The Morgan fingerprint density at radius 3 is 2.11 bits per heavy atom. The molecule has 0 rings (SSSR count). The average Bonchev–Trinajstić information content (AvgIpc) is 2.36. The number of carbonyl (C=O) groups is 1. The van der Waals surface area contributed by atoms with E-state index in [0.29, 0.717) is 0 Å². The van der Waals surface area contributed by atoms with E-state index in [4.69, 9.17) is 5.73 Å². The molecule has 0 aromatic carbocycles. The van der Waals surface area contributed by atoms with Gasteiger partial charge in [0.1, 0.15) is 0 Å². The number of rotatable bonds is 8. The van der Waals surface area contributed by atoms with Crippen molar-refractivity contribution in [2.24, 2.45) is 5.73 Å². The average molecular weight is 259 g/mol. The standard InChI is InChI=1S/C12H27N3O.C2H6/c1-5-9-15(4)12(16)11(13)8-6-7-10-14(2)3;1-2/h11H,5-10,13H2,1-4H3;1-2H3. The lowest BCUT2D eigenvalue weighted by atomic mass is 10.1. The fourth-order valence-corrected chi connectivity index (χ4v) is 1.64. The molecule has 0 aliphatic heterocycles. The van der Waals surface area contributed by atoms with Crippen molar-refractivity contribution in [1.82, 2.24) is 9.80 Å². The van der Waals surface area contributed by atoms with Crippen LogP contribution in [0.1, 0.15) is 46.5 Å². The lowest BCUT2D eigenvalue weighted by molar-refractivity contribution is -0.131. The Kier molecular flexibility index (Phi) is 14.1. The zero-order valence-corrected chi connectivity index (χ0v) is 13.2. The van der Waals surface area contributed by atoms with E-state index in [2.05, 4.69) is 25.9 Å². The van der Waals surface area contributed by atoms with Crippen LogP contribution >= 0.6 is 0 Å². The number of likely N-dealkylation sites (N-methyl/N-ethyl adjacent to an activating group) is 1. The minimum Gasteiger partial charge on any atom is -0.344 e. The lowest BCUT2D eigenvalue weighted by Gasteiger charge is -2.20. The highest BCUT2D eigenvalue weighted by Gasteiger charge is 2.16. The molecule has 0 aliphatic carbocycles. The maximum absolute atomic E-state index is 11.8. The van der Waals surface area contributed by atoms with Gasteiger partial charge >= 0.3 is 0 Å². The van der Waals surface area contributed by atoms with E-state index < -0.39 is 0 Å². The summed E-state index contributed by atoms with van der Waals surface area (Å²) in [6.07, 6.45) is 3.90. The third kappa shape index (κ3) is 10.5. The fourth-order valence-electron chi connectivity index (χ4n) is 1.64. The summed E-state index contributed by atoms with van der Waals surface area (Å²) >= 11 is 0. The molecule has 0 heterocycles. The number of carbonyl (C=O) groups excluding carboxylic acids is 1. The van der Waals surface area contributed by atoms with Crippen LogP contribution in [0.15, 0.2) is 0 Å². The van der Waals surface area contributed by atoms with Gasteiger partial charge < -0.3 is 15.5 Å². The molecule has 4 nitrogen and oxygen atoms in total. The first kappa shape index (κ1) is 19.7. The molecule has 0 saturated heterocycles. The highest BCUT2D eigenvalue weighted by Crippen LogP contribution is 2.03. The molecule has 0 spiro atoms. The van der Waals surface area contributed by atoms with Gasteiger partial charge in [-0.15, -0.1) is 0 Å². The van der Waals surface area contributed by atoms with E-state index in [1.165, 1.54) is 0 Å². The van der Waals surface area contributed by atoms with Crippen LogP contribution in [0.4, 0.5) is 0 Å². The van der Waals surface area contributed by atoms with Gasteiger partial charge in [-0.1, -0.05) is 27.2 Å². The third-order valence-electron chi connectivity index (χ3n) is 2.62. The van der Waals surface area contributed by atoms with Gasteiger partial charge in [0.05, 0.1) is 6.04 Å². The number of hydrogen-bond acceptors (Lipinski definition) is 3. The van der Waals surface area contributed by atoms with Crippen LogP contribution in [-0.4, -0.2) is 56.0 Å². The molecule has 1 atom stereocenters. The summed E-state index contributed by atoms with van der Waals surface area (Å²) in [5, 5.41) is 0. The van der Waals surface area contributed by atoms with Crippen molar-refractivity contribution in [3.05, 3.63) is 0 Å². The van der Waals surface area contributed by atoms with Crippen LogP contribution in [0.2, 0.25) is 0 Å². The van der Waals surface area contributed by atoms with Gasteiger partial charge in [0.25, 0.3) is 0 Å². The molecule has 110 valence electrons. The van der Waals surface area contributed by atoms with Crippen molar-refractivity contribution < 1.29 is 4.79 Å². The first-order chi connectivity index (χ1) is 8.49. The zero-order chi connectivity index (χ0) is 14.6. The Bertz CT molecular complexity index is 195. The van der Waals surface area contributed by atoms with Crippen LogP contribution in [0.3, 0.4) is 0 Å². The molecular weight excluding hydrogens is 226 g/mol. The molecule has 1 amide bonds. The van der Waals surface area contributed by atoms with E-state index >= 15 is 0 Å². The van der Waals surface area contributed by atoms with Gasteiger partial charge in [-0.05, 0) is 39.9 Å². The van der Waals surface area contributed by atoms with E-state index in [9.17, 15) is 4.79 Å². The second-order valence-electron chi connectivity index (χ2n) is 4.67. The quantitative estimate of drug-likeness (QED) is 0.678. The van der Waals surface area contributed by atoms with Gasteiger partial charge in [0.15, 0.2) is 0 Å². The predicted octanol–water partition coefficient (Wildman–Crippen LogP) is 1.94. The molecule has 0 saturated carbocycles. The molecule has 0 aliphatic rings. The highest BCUT2D eigenvalue weighted by atomic mass is 16.2. The van der Waals surface area contributed by atoms with Crippen LogP contribution in [0, 0.1) is 0 Å². The second kappa shape index (κ2) is 12.8. The van der Waals surface area contributed by atoms with Gasteiger partial charge in [0.2, 0.25) is 5.91 Å². The summed E-state index contributed by atoms with van der Waals surface area (Å²) in [5.74, 6) is 0.0757. The Morgan fingerprint density at radius 1 is 1.11 bits per heavy atom. The molecule has 0 aromatic heterocycles. The van der Waals surface area contributed by atoms with Crippen molar-refractivity contribution in [3.8, 4) is 0 Å². The minimum atomic E-state index is -0.321. The first-order valence-corrected chi connectivity index (χ1v) is 7.14. The highest BCUT2D eigenvalue weighted by molar-refractivity contribution is 5.81. The Hall–Kier alpha value is -0.610. The molecule has 0 fully saturated rings. The Labute approximate surface area is 114 Å². The summed E-state index contributed by atoms with van der Waals surface area (Å²) in [6.45, 7) is 7.92. The van der Waals surface area contributed by atoms with Gasteiger partial charge in [0, 0.05) is 13.6 Å². The SMILES string of the molecule is CC.CCCN(C)C(=O)C(N)CCCCN(C)C.